The van der Waals surface area contributed by atoms with Crippen LogP contribution >= 0.6 is 11.5 Å². The molecule has 13 heavy (non-hydrogen) atoms. The summed E-state index contributed by atoms with van der Waals surface area (Å²) >= 11 is 6.41. The standard InChI is InChI=1S/C11H14BCl/c13-12(11-8-4-5-9-11)10-6-2-1-3-7-10/h1-3,6-7,11H,4-5,8-9H2. The zero-order valence-corrected chi connectivity index (χ0v) is 8.50. The van der Waals surface area contributed by atoms with Crippen LogP contribution in [0.2, 0.25) is 5.82 Å². The molecule has 1 saturated carbocycles. The largest absolute Gasteiger partial charge is 0.286 e. The van der Waals surface area contributed by atoms with Crippen molar-refractivity contribution in [2.75, 3.05) is 0 Å². The highest BCUT2D eigenvalue weighted by atomic mass is 35.5. The van der Waals surface area contributed by atoms with Gasteiger partial charge in [-0.3, -0.25) is 0 Å². The van der Waals surface area contributed by atoms with Gasteiger partial charge in [0.05, 0.1) is 0 Å². The van der Waals surface area contributed by atoms with E-state index >= 15 is 0 Å². The smallest absolute Gasteiger partial charge is 0.188 e. The van der Waals surface area contributed by atoms with Gasteiger partial charge in [-0.1, -0.05) is 61.5 Å². The molecular formula is C11H14BCl. The Hall–Kier alpha value is -0.425. The predicted octanol–water partition coefficient (Wildman–Crippen LogP) is 3.07. The Kier molecular flexibility index (Phi) is 2.95. The first-order chi connectivity index (χ1) is 6.38. The summed E-state index contributed by atoms with van der Waals surface area (Å²) in [5.41, 5.74) is 1.29. The Morgan fingerprint density at radius 2 is 1.69 bits per heavy atom. The average molecular weight is 192 g/mol. The molecule has 2 rings (SSSR count). The van der Waals surface area contributed by atoms with Crippen molar-refractivity contribution in [3.8, 4) is 0 Å². The molecule has 0 aliphatic heterocycles. The second-order valence-electron chi connectivity index (χ2n) is 3.86. The van der Waals surface area contributed by atoms with E-state index in [9.17, 15) is 0 Å². The molecule has 1 aromatic carbocycles. The van der Waals surface area contributed by atoms with Gasteiger partial charge in [0.25, 0.3) is 6.13 Å². The van der Waals surface area contributed by atoms with Crippen molar-refractivity contribution in [3.05, 3.63) is 30.3 Å². The van der Waals surface area contributed by atoms with E-state index in [2.05, 4.69) is 24.3 Å². The lowest BCUT2D eigenvalue weighted by molar-refractivity contribution is 0.868. The fraction of sp³-hybridized carbons (Fsp3) is 0.455. The van der Waals surface area contributed by atoms with E-state index < -0.39 is 0 Å². The lowest BCUT2D eigenvalue weighted by atomic mass is 9.56. The van der Waals surface area contributed by atoms with Crippen LogP contribution in [0.25, 0.3) is 0 Å². The molecule has 0 N–H and O–H groups in total. The molecule has 0 spiro atoms. The SMILES string of the molecule is ClB(c1ccccc1)C1CCCC1. The van der Waals surface area contributed by atoms with Gasteiger partial charge in [-0.2, -0.15) is 11.5 Å². The van der Waals surface area contributed by atoms with Gasteiger partial charge >= 0.3 is 0 Å². The number of hydrogen-bond donors (Lipinski definition) is 0. The first-order valence-corrected chi connectivity index (χ1v) is 5.50. The molecule has 0 heterocycles. The highest BCUT2D eigenvalue weighted by Gasteiger charge is 2.27. The van der Waals surface area contributed by atoms with E-state index in [1.165, 1.54) is 31.1 Å². The molecule has 1 aliphatic rings. The quantitative estimate of drug-likeness (QED) is 0.632. The van der Waals surface area contributed by atoms with Gasteiger partial charge in [0.2, 0.25) is 0 Å². The monoisotopic (exact) mass is 192 g/mol. The van der Waals surface area contributed by atoms with Crippen LogP contribution in [-0.4, -0.2) is 6.13 Å². The highest BCUT2D eigenvalue weighted by molar-refractivity contribution is 7.15. The Morgan fingerprint density at radius 3 is 2.31 bits per heavy atom. The summed E-state index contributed by atoms with van der Waals surface area (Å²) in [5.74, 6) is 0.712. The number of hydrogen-bond acceptors (Lipinski definition) is 0. The molecule has 1 aliphatic carbocycles. The van der Waals surface area contributed by atoms with Gasteiger partial charge in [-0.15, -0.1) is 0 Å². The Morgan fingerprint density at radius 1 is 1.08 bits per heavy atom. The first kappa shape index (κ1) is 9.14. The second kappa shape index (κ2) is 4.19. The van der Waals surface area contributed by atoms with Gasteiger partial charge in [0.15, 0.2) is 0 Å². The molecule has 2 heteroatoms. The van der Waals surface area contributed by atoms with Crippen molar-refractivity contribution < 1.29 is 0 Å². The molecule has 0 aromatic heterocycles. The minimum absolute atomic E-state index is 0.240. The summed E-state index contributed by atoms with van der Waals surface area (Å²) in [5, 5.41) is 0. The summed E-state index contributed by atoms with van der Waals surface area (Å²) in [4.78, 5) is 0. The molecule has 0 bridgehead atoms. The summed E-state index contributed by atoms with van der Waals surface area (Å²) < 4.78 is 0. The number of rotatable bonds is 2. The summed E-state index contributed by atoms with van der Waals surface area (Å²) in [6, 6.07) is 10.5. The van der Waals surface area contributed by atoms with Crippen LogP contribution in [0.4, 0.5) is 0 Å². The lowest BCUT2D eigenvalue weighted by Crippen LogP contribution is -2.28. The second-order valence-corrected chi connectivity index (χ2v) is 4.33. The molecule has 0 radical (unpaired) electrons. The maximum absolute atomic E-state index is 6.41. The van der Waals surface area contributed by atoms with Gasteiger partial charge in [-0.05, 0) is 5.82 Å². The minimum atomic E-state index is 0.240. The summed E-state index contributed by atoms with van der Waals surface area (Å²) in [6.45, 7) is 0. The Balaban J connectivity index is 2.08. The molecule has 0 unspecified atom stereocenters. The van der Waals surface area contributed by atoms with E-state index in [4.69, 9.17) is 11.5 Å². The summed E-state index contributed by atoms with van der Waals surface area (Å²) in [6.07, 6.45) is 5.58. The average Bonchev–Trinajstić information content (AvgIpc) is 2.71. The highest BCUT2D eigenvalue weighted by Crippen LogP contribution is 2.33. The van der Waals surface area contributed by atoms with E-state index in [0.29, 0.717) is 5.82 Å². The molecular weight excluding hydrogens is 178 g/mol. The fourth-order valence-corrected chi connectivity index (χ4v) is 2.56. The molecule has 0 nitrogen and oxygen atoms in total. The molecule has 0 atom stereocenters. The molecule has 0 amide bonds. The third kappa shape index (κ3) is 2.08. The van der Waals surface area contributed by atoms with Crippen LogP contribution in [0.1, 0.15) is 25.7 Å². The van der Waals surface area contributed by atoms with Gasteiger partial charge < -0.3 is 0 Å². The van der Waals surface area contributed by atoms with Crippen LogP contribution < -0.4 is 5.46 Å². The third-order valence-electron chi connectivity index (χ3n) is 2.93. The molecule has 68 valence electrons. The molecule has 0 saturated heterocycles. The summed E-state index contributed by atoms with van der Waals surface area (Å²) in [7, 11) is 0. The van der Waals surface area contributed by atoms with E-state index in [1.54, 1.807) is 0 Å². The van der Waals surface area contributed by atoms with Crippen LogP contribution in [0.15, 0.2) is 30.3 Å². The maximum atomic E-state index is 6.41. The number of benzene rings is 1. The van der Waals surface area contributed by atoms with Crippen molar-refractivity contribution in [3.63, 3.8) is 0 Å². The van der Waals surface area contributed by atoms with Crippen molar-refractivity contribution in [2.24, 2.45) is 0 Å². The zero-order chi connectivity index (χ0) is 9.10. The molecule has 1 fully saturated rings. The van der Waals surface area contributed by atoms with Crippen molar-refractivity contribution >= 4 is 23.1 Å². The number of halogens is 1. The minimum Gasteiger partial charge on any atom is -0.188 e. The van der Waals surface area contributed by atoms with E-state index in [1.807, 2.05) is 6.07 Å². The van der Waals surface area contributed by atoms with Crippen LogP contribution in [0.3, 0.4) is 0 Å². The third-order valence-corrected chi connectivity index (χ3v) is 3.54. The van der Waals surface area contributed by atoms with Crippen LogP contribution in [0, 0.1) is 0 Å². The Bertz CT molecular complexity index is 254. The fourth-order valence-electron chi connectivity index (χ4n) is 2.16. The normalized spacial score (nSPS) is 17.6. The van der Waals surface area contributed by atoms with Crippen LogP contribution in [0.5, 0.6) is 0 Å². The topological polar surface area (TPSA) is 0 Å². The van der Waals surface area contributed by atoms with Crippen molar-refractivity contribution in [1.29, 1.82) is 0 Å². The lowest BCUT2D eigenvalue weighted by Gasteiger charge is -2.12. The Labute approximate surface area is 85.3 Å². The van der Waals surface area contributed by atoms with Gasteiger partial charge in [0.1, 0.15) is 0 Å². The molecule has 1 aromatic rings. The van der Waals surface area contributed by atoms with Crippen LogP contribution in [-0.2, 0) is 0 Å². The van der Waals surface area contributed by atoms with E-state index in [0.717, 1.165) is 0 Å². The van der Waals surface area contributed by atoms with Gasteiger partial charge in [0, 0.05) is 0 Å². The van der Waals surface area contributed by atoms with E-state index in [-0.39, 0.29) is 6.13 Å². The first-order valence-electron chi connectivity index (χ1n) is 5.07. The van der Waals surface area contributed by atoms with Crippen molar-refractivity contribution in [2.45, 2.75) is 31.5 Å². The van der Waals surface area contributed by atoms with Gasteiger partial charge in [-0.25, -0.2) is 0 Å². The van der Waals surface area contributed by atoms with Crippen molar-refractivity contribution in [1.82, 2.24) is 0 Å². The maximum Gasteiger partial charge on any atom is 0.286 e. The zero-order valence-electron chi connectivity index (χ0n) is 7.75. The predicted molar refractivity (Wildman–Crippen MR) is 59.9 cm³/mol.